The van der Waals surface area contributed by atoms with Crippen LogP contribution in [0.2, 0.25) is 0 Å². The molecule has 0 saturated carbocycles. The molecule has 1 heterocycles. The summed E-state index contributed by atoms with van der Waals surface area (Å²) in [5, 5.41) is 0. The highest BCUT2D eigenvalue weighted by Gasteiger charge is 2.15. The van der Waals surface area contributed by atoms with E-state index in [1.807, 2.05) is 18.2 Å². The van der Waals surface area contributed by atoms with E-state index >= 15 is 0 Å². The topological polar surface area (TPSA) is 18.5 Å². The maximum Gasteiger partial charge on any atom is 0.147 e. The van der Waals surface area contributed by atoms with Crippen LogP contribution in [0.5, 0.6) is 0 Å². The quantitative estimate of drug-likeness (QED) is 0.661. The van der Waals surface area contributed by atoms with Crippen LogP contribution in [-0.2, 0) is 15.9 Å². The maximum atomic E-state index is 5.33. The highest BCUT2D eigenvalue weighted by atomic mass is 16.7. The molecule has 64 valence electrons. The van der Waals surface area contributed by atoms with Gasteiger partial charge in [-0.25, -0.2) is 0 Å². The summed E-state index contributed by atoms with van der Waals surface area (Å²) in [5.74, 6) is 0. The lowest BCUT2D eigenvalue weighted by atomic mass is 10.1. The van der Waals surface area contributed by atoms with Crippen molar-refractivity contribution in [2.75, 3.05) is 13.4 Å². The van der Waals surface area contributed by atoms with Crippen LogP contribution in [0.3, 0.4) is 0 Å². The summed E-state index contributed by atoms with van der Waals surface area (Å²) in [6, 6.07) is 10.3. The molecular formula is C10H12O2. The van der Waals surface area contributed by atoms with Gasteiger partial charge in [0.25, 0.3) is 0 Å². The molecule has 0 bridgehead atoms. The third-order valence-corrected chi connectivity index (χ3v) is 2.00. The van der Waals surface area contributed by atoms with Crippen molar-refractivity contribution in [3.8, 4) is 0 Å². The fraction of sp³-hybridized carbons (Fsp3) is 0.400. The van der Waals surface area contributed by atoms with Gasteiger partial charge in [0.05, 0.1) is 12.7 Å². The van der Waals surface area contributed by atoms with Crippen LogP contribution in [-0.4, -0.2) is 19.5 Å². The van der Waals surface area contributed by atoms with Crippen molar-refractivity contribution >= 4 is 0 Å². The van der Waals surface area contributed by atoms with Crippen LogP contribution in [0.1, 0.15) is 5.56 Å². The number of ether oxygens (including phenoxy) is 2. The predicted octanol–water partition coefficient (Wildman–Crippen LogP) is 1.60. The Bertz CT molecular complexity index is 227. The molecule has 2 heteroatoms. The lowest BCUT2D eigenvalue weighted by Gasteiger charge is -2.06. The van der Waals surface area contributed by atoms with Gasteiger partial charge < -0.3 is 9.47 Å². The van der Waals surface area contributed by atoms with Crippen molar-refractivity contribution in [2.45, 2.75) is 12.5 Å². The van der Waals surface area contributed by atoms with E-state index in [1.165, 1.54) is 5.56 Å². The molecule has 1 saturated heterocycles. The summed E-state index contributed by atoms with van der Waals surface area (Å²) in [6.45, 7) is 1.19. The first kappa shape index (κ1) is 7.77. The smallest absolute Gasteiger partial charge is 0.147 e. The third-order valence-electron chi connectivity index (χ3n) is 2.00. The molecule has 0 aliphatic carbocycles. The van der Waals surface area contributed by atoms with E-state index in [0.29, 0.717) is 6.79 Å². The van der Waals surface area contributed by atoms with E-state index in [0.717, 1.165) is 13.0 Å². The van der Waals surface area contributed by atoms with E-state index in [-0.39, 0.29) is 6.10 Å². The Balaban J connectivity index is 1.94. The summed E-state index contributed by atoms with van der Waals surface area (Å²) in [5.41, 5.74) is 1.31. The van der Waals surface area contributed by atoms with Gasteiger partial charge in [-0.05, 0) is 5.56 Å². The second-order valence-corrected chi connectivity index (χ2v) is 2.97. The van der Waals surface area contributed by atoms with Crippen LogP contribution in [0.25, 0.3) is 0 Å². The largest absolute Gasteiger partial charge is 0.353 e. The second kappa shape index (κ2) is 3.70. The molecule has 0 N–H and O–H groups in total. The average molecular weight is 164 g/mol. The number of rotatable bonds is 2. The standard InChI is InChI=1S/C10H12O2/c1-2-4-9(5-3-1)6-10-7-11-8-12-10/h1-5,10H,6-8H2. The Morgan fingerprint density at radius 3 is 2.75 bits per heavy atom. The summed E-state index contributed by atoms with van der Waals surface area (Å²) >= 11 is 0. The lowest BCUT2D eigenvalue weighted by Crippen LogP contribution is -2.12. The molecule has 1 aliphatic heterocycles. The van der Waals surface area contributed by atoms with Gasteiger partial charge in [0.15, 0.2) is 0 Å². The van der Waals surface area contributed by atoms with Crippen molar-refractivity contribution in [2.24, 2.45) is 0 Å². The third kappa shape index (κ3) is 1.84. The maximum absolute atomic E-state index is 5.33. The van der Waals surface area contributed by atoms with Crippen molar-refractivity contribution in [1.29, 1.82) is 0 Å². The van der Waals surface area contributed by atoms with Crippen LogP contribution in [0.15, 0.2) is 30.3 Å². The van der Waals surface area contributed by atoms with Gasteiger partial charge in [0, 0.05) is 6.42 Å². The van der Waals surface area contributed by atoms with E-state index in [1.54, 1.807) is 0 Å². The molecule has 12 heavy (non-hydrogen) atoms. The van der Waals surface area contributed by atoms with Crippen molar-refractivity contribution in [1.82, 2.24) is 0 Å². The minimum Gasteiger partial charge on any atom is -0.353 e. The Hall–Kier alpha value is -0.860. The van der Waals surface area contributed by atoms with Crippen LogP contribution in [0.4, 0.5) is 0 Å². The van der Waals surface area contributed by atoms with Gasteiger partial charge in [0.2, 0.25) is 0 Å². The van der Waals surface area contributed by atoms with E-state index in [9.17, 15) is 0 Å². The summed E-state index contributed by atoms with van der Waals surface area (Å²) in [4.78, 5) is 0. The summed E-state index contributed by atoms with van der Waals surface area (Å²) < 4.78 is 10.4. The predicted molar refractivity (Wildman–Crippen MR) is 45.8 cm³/mol. The fourth-order valence-electron chi connectivity index (χ4n) is 1.37. The highest BCUT2D eigenvalue weighted by Crippen LogP contribution is 2.10. The van der Waals surface area contributed by atoms with Crippen molar-refractivity contribution in [3.05, 3.63) is 35.9 Å². The van der Waals surface area contributed by atoms with Crippen molar-refractivity contribution in [3.63, 3.8) is 0 Å². The Kier molecular flexibility index (Phi) is 2.39. The molecule has 1 aromatic carbocycles. The van der Waals surface area contributed by atoms with Crippen LogP contribution in [0, 0.1) is 0 Å². The van der Waals surface area contributed by atoms with Crippen LogP contribution < -0.4 is 0 Å². The van der Waals surface area contributed by atoms with Gasteiger partial charge in [-0.2, -0.15) is 0 Å². The number of hydrogen-bond donors (Lipinski definition) is 0. The zero-order chi connectivity index (χ0) is 8.23. The molecule has 0 radical (unpaired) electrons. The molecule has 0 spiro atoms. The van der Waals surface area contributed by atoms with E-state index < -0.39 is 0 Å². The molecule has 1 unspecified atom stereocenters. The highest BCUT2D eigenvalue weighted by molar-refractivity contribution is 5.15. The molecule has 1 atom stereocenters. The Morgan fingerprint density at radius 1 is 1.25 bits per heavy atom. The molecule has 1 fully saturated rings. The second-order valence-electron chi connectivity index (χ2n) is 2.97. The first-order valence-corrected chi connectivity index (χ1v) is 4.18. The first-order chi connectivity index (χ1) is 5.95. The van der Waals surface area contributed by atoms with Crippen LogP contribution >= 0.6 is 0 Å². The molecule has 1 aromatic rings. The number of hydrogen-bond acceptors (Lipinski definition) is 2. The lowest BCUT2D eigenvalue weighted by molar-refractivity contribution is 0.0470. The van der Waals surface area contributed by atoms with Gasteiger partial charge in [-0.3, -0.25) is 0 Å². The zero-order valence-electron chi connectivity index (χ0n) is 6.90. The molecular weight excluding hydrogens is 152 g/mol. The molecule has 0 aromatic heterocycles. The minimum atomic E-state index is 0.257. The van der Waals surface area contributed by atoms with Gasteiger partial charge in [0.1, 0.15) is 6.79 Å². The van der Waals surface area contributed by atoms with Gasteiger partial charge in [-0.1, -0.05) is 30.3 Å². The fourth-order valence-corrected chi connectivity index (χ4v) is 1.37. The summed E-state index contributed by atoms with van der Waals surface area (Å²) in [6.07, 6.45) is 1.22. The average Bonchev–Trinajstić information content (AvgIpc) is 2.59. The molecule has 2 nitrogen and oxygen atoms in total. The first-order valence-electron chi connectivity index (χ1n) is 4.18. The molecule has 0 amide bonds. The number of benzene rings is 1. The SMILES string of the molecule is c1ccc(CC2COCO2)cc1. The molecule has 1 aliphatic rings. The zero-order valence-corrected chi connectivity index (χ0v) is 6.90. The van der Waals surface area contributed by atoms with Crippen molar-refractivity contribution < 1.29 is 9.47 Å². The van der Waals surface area contributed by atoms with E-state index in [2.05, 4.69) is 12.1 Å². The monoisotopic (exact) mass is 164 g/mol. The normalized spacial score (nSPS) is 22.8. The Morgan fingerprint density at radius 2 is 2.08 bits per heavy atom. The van der Waals surface area contributed by atoms with E-state index in [4.69, 9.17) is 9.47 Å². The van der Waals surface area contributed by atoms with Gasteiger partial charge in [-0.15, -0.1) is 0 Å². The Labute approximate surface area is 72.1 Å². The molecule has 2 rings (SSSR count). The minimum absolute atomic E-state index is 0.257. The van der Waals surface area contributed by atoms with Gasteiger partial charge >= 0.3 is 0 Å². The summed E-state index contributed by atoms with van der Waals surface area (Å²) in [7, 11) is 0.